The van der Waals surface area contributed by atoms with Gasteiger partial charge in [-0.15, -0.1) is 0 Å². The Kier molecular flexibility index (Phi) is 14.0. The largest absolute Gasteiger partial charge is 0.446 e. The maximum Gasteiger partial charge on any atom is 0.404 e. The van der Waals surface area contributed by atoms with Crippen LogP contribution in [0.3, 0.4) is 0 Å². The minimum atomic E-state index is -1.53. The molecule has 1 atom stereocenters. The molecule has 0 spiro atoms. The van der Waals surface area contributed by atoms with E-state index in [9.17, 15) is 4.79 Å². The molecule has 0 aliphatic heterocycles. The van der Waals surface area contributed by atoms with Gasteiger partial charge in [-0.05, 0) is 25.3 Å². The van der Waals surface area contributed by atoms with E-state index in [4.69, 9.17) is 21.5 Å². The van der Waals surface area contributed by atoms with Gasteiger partial charge in [-0.1, -0.05) is 77.8 Å². The number of ether oxygens (including phenoxy) is 1. The molecule has 0 aliphatic carbocycles. The SMILES string of the molecule is CCCCCCCCCCCC(CCC[Si](C)(C)Cl)OC(N)=O. The van der Waals surface area contributed by atoms with E-state index in [2.05, 4.69) is 20.0 Å². The lowest BCUT2D eigenvalue weighted by molar-refractivity contribution is 0.0935. The van der Waals surface area contributed by atoms with Crippen LogP contribution in [0.1, 0.15) is 84.0 Å². The van der Waals surface area contributed by atoms with Crippen LogP contribution >= 0.6 is 11.1 Å². The van der Waals surface area contributed by atoms with E-state index in [1.165, 1.54) is 51.4 Å². The van der Waals surface area contributed by atoms with Gasteiger partial charge in [0.25, 0.3) is 0 Å². The van der Waals surface area contributed by atoms with E-state index in [0.717, 1.165) is 31.7 Å². The summed E-state index contributed by atoms with van der Waals surface area (Å²) in [5.41, 5.74) is 5.18. The molecule has 0 radical (unpaired) electrons. The Balaban J connectivity index is 3.70. The highest BCUT2D eigenvalue weighted by atomic mass is 35.6. The number of unbranched alkanes of at least 4 members (excludes halogenated alkanes) is 8. The number of primary amides is 1. The summed E-state index contributed by atoms with van der Waals surface area (Å²) in [5.74, 6) is 0. The predicted molar refractivity (Wildman–Crippen MR) is 104 cm³/mol. The second kappa shape index (κ2) is 14.1. The van der Waals surface area contributed by atoms with Crippen LogP contribution in [-0.2, 0) is 4.74 Å². The fraction of sp³-hybridized carbons (Fsp3) is 0.944. The van der Waals surface area contributed by atoms with Crippen LogP contribution in [0.2, 0.25) is 19.1 Å². The molecule has 0 aromatic heterocycles. The number of carbonyl (C=O) groups is 1. The molecule has 1 amide bonds. The van der Waals surface area contributed by atoms with Crippen LogP contribution in [0.5, 0.6) is 0 Å². The van der Waals surface area contributed by atoms with Gasteiger partial charge >= 0.3 is 6.09 Å². The molecule has 0 saturated heterocycles. The first-order valence-corrected chi connectivity index (χ1v) is 13.7. The highest BCUT2D eigenvalue weighted by Gasteiger charge is 2.18. The fourth-order valence-corrected chi connectivity index (χ4v) is 4.30. The molecule has 0 fully saturated rings. The molecule has 0 aromatic carbocycles. The van der Waals surface area contributed by atoms with Gasteiger partial charge in [0.2, 0.25) is 0 Å². The Morgan fingerprint density at radius 3 is 1.91 bits per heavy atom. The summed E-state index contributed by atoms with van der Waals surface area (Å²) in [7, 11) is -1.53. The molecule has 2 N–H and O–H groups in total. The van der Waals surface area contributed by atoms with Crippen LogP contribution in [0.25, 0.3) is 0 Å². The van der Waals surface area contributed by atoms with Crippen LogP contribution in [-0.4, -0.2) is 19.6 Å². The molecule has 0 bridgehead atoms. The van der Waals surface area contributed by atoms with E-state index in [1.807, 2.05) is 0 Å². The monoisotopic (exact) mass is 363 g/mol. The third-order valence-electron chi connectivity index (χ3n) is 4.21. The average molecular weight is 364 g/mol. The van der Waals surface area contributed by atoms with Crippen molar-refractivity contribution in [3.63, 3.8) is 0 Å². The summed E-state index contributed by atoms with van der Waals surface area (Å²) in [4.78, 5) is 11.0. The van der Waals surface area contributed by atoms with Crippen LogP contribution < -0.4 is 5.73 Å². The van der Waals surface area contributed by atoms with E-state index in [-0.39, 0.29) is 6.10 Å². The van der Waals surface area contributed by atoms with Gasteiger partial charge in [0.15, 0.2) is 0 Å². The first-order valence-electron chi connectivity index (χ1n) is 9.50. The molecule has 0 saturated carbocycles. The Labute approximate surface area is 149 Å². The molecular formula is C18H38ClNO2Si. The van der Waals surface area contributed by atoms with Gasteiger partial charge in [0, 0.05) is 0 Å². The summed E-state index contributed by atoms with van der Waals surface area (Å²) in [6.07, 6.45) is 13.9. The standard InChI is InChI=1S/C18H38ClNO2Si/c1-4-5-6-7-8-9-10-11-12-14-17(22-18(20)21)15-13-16-23(2,3)19/h17H,4-16H2,1-3H3,(H2,20,21). The van der Waals surface area contributed by atoms with Crippen molar-refractivity contribution in [2.24, 2.45) is 5.73 Å². The smallest absolute Gasteiger partial charge is 0.404 e. The second-order valence-electron chi connectivity index (χ2n) is 7.29. The van der Waals surface area contributed by atoms with Crippen molar-refractivity contribution in [1.82, 2.24) is 0 Å². The maximum absolute atomic E-state index is 11.0. The summed E-state index contributed by atoms with van der Waals surface area (Å²) in [6, 6.07) is 1.06. The lowest BCUT2D eigenvalue weighted by Gasteiger charge is -2.18. The van der Waals surface area contributed by atoms with Crippen LogP contribution in [0.15, 0.2) is 0 Å². The number of halogens is 1. The number of hydrogen-bond acceptors (Lipinski definition) is 2. The second-order valence-corrected chi connectivity index (χ2v) is 14.3. The van der Waals surface area contributed by atoms with E-state index >= 15 is 0 Å². The summed E-state index contributed by atoms with van der Waals surface area (Å²) in [5, 5.41) is 0. The summed E-state index contributed by atoms with van der Waals surface area (Å²) in [6.45, 7) is 6.55. The zero-order chi connectivity index (χ0) is 17.6. The molecular weight excluding hydrogens is 326 g/mol. The molecule has 0 aliphatic rings. The van der Waals surface area contributed by atoms with Crippen molar-refractivity contribution in [1.29, 1.82) is 0 Å². The van der Waals surface area contributed by atoms with Crippen molar-refractivity contribution in [2.75, 3.05) is 0 Å². The number of amides is 1. The molecule has 3 nitrogen and oxygen atoms in total. The first-order chi connectivity index (χ1) is 10.8. The highest BCUT2D eigenvalue weighted by molar-refractivity contribution is 7.19. The maximum atomic E-state index is 11.0. The van der Waals surface area contributed by atoms with Gasteiger partial charge in [0.1, 0.15) is 13.5 Å². The summed E-state index contributed by atoms with van der Waals surface area (Å²) < 4.78 is 5.25. The lowest BCUT2D eigenvalue weighted by Crippen LogP contribution is -2.24. The first kappa shape index (κ1) is 22.8. The molecule has 5 heteroatoms. The number of hydrogen-bond donors (Lipinski definition) is 1. The van der Waals surface area contributed by atoms with Crippen molar-refractivity contribution < 1.29 is 9.53 Å². The normalized spacial score (nSPS) is 13.0. The van der Waals surface area contributed by atoms with Crippen molar-refractivity contribution >= 4 is 24.6 Å². The Morgan fingerprint density at radius 2 is 1.43 bits per heavy atom. The van der Waals surface area contributed by atoms with Crippen molar-refractivity contribution in [3.05, 3.63) is 0 Å². The predicted octanol–water partition coefficient (Wildman–Crippen LogP) is 6.60. The lowest BCUT2D eigenvalue weighted by atomic mass is 10.0. The van der Waals surface area contributed by atoms with Crippen LogP contribution in [0.4, 0.5) is 4.79 Å². The molecule has 1 unspecified atom stereocenters. The zero-order valence-electron chi connectivity index (χ0n) is 15.5. The van der Waals surface area contributed by atoms with Crippen LogP contribution in [0, 0.1) is 0 Å². The van der Waals surface area contributed by atoms with E-state index < -0.39 is 13.5 Å². The fourth-order valence-electron chi connectivity index (χ4n) is 2.86. The zero-order valence-corrected chi connectivity index (χ0v) is 17.3. The molecule has 138 valence electrons. The van der Waals surface area contributed by atoms with Gasteiger partial charge in [-0.25, -0.2) is 4.79 Å². The van der Waals surface area contributed by atoms with Gasteiger partial charge in [-0.3, -0.25) is 0 Å². The Bertz CT molecular complexity index is 295. The minimum absolute atomic E-state index is 0.0231. The average Bonchev–Trinajstić information content (AvgIpc) is 2.43. The molecule has 0 heterocycles. The van der Waals surface area contributed by atoms with Crippen molar-refractivity contribution in [2.45, 2.75) is 109 Å². The van der Waals surface area contributed by atoms with Crippen molar-refractivity contribution in [3.8, 4) is 0 Å². The number of nitrogens with two attached hydrogens (primary N) is 1. The molecule has 0 rings (SSSR count). The third kappa shape index (κ3) is 18.0. The van der Waals surface area contributed by atoms with E-state index in [0.29, 0.717) is 0 Å². The topological polar surface area (TPSA) is 52.3 Å². The third-order valence-corrected chi connectivity index (χ3v) is 6.32. The number of carbonyl (C=O) groups excluding carboxylic acids is 1. The Hall–Kier alpha value is -0.223. The quantitative estimate of drug-likeness (QED) is 0.202. The van der Waals surface area contributed by atoms with Gasteiger partial charge < -0.3 is 10.5 Å². The molecule has 23 heavy (non-hydrogen) atoms. The number of rotatable bonds is 15. The molecule has 0 aromatic rings. The summed E-state index contributed by atoms with van der Waals surface area (Å²) >= 11 is 6.34. The van der Waals surface area contributed by atoms with E-state index in [1.54, 1.807) is 0 Å². The van der Waals surface area contributed by atoms with Gasteiger partial charge in [-0.2, -0.15) is 11.1 Å². The highest BCUT2D eigenvalue weighted by Crippen LogP contribution is 2.21. The minimum Gasteiger partial charge on any atom is -0.446 e. The Morgan fingerprint density at radius 1 is 0.957 bits per heavy atom. The van der Waals surface area contributed by atoms with Gasteiger partial charge in [0.05, 0.1) is 0 Å².